The van der Waals surface area contributed by atoms with Crippen LogP contribution in [0.15, 0.2) is 24.7 Å². The second kappa shape index (κ2) is 7.72. The summed E-state index contributed by atoms with van der Waals surface area (Å²) in [6.45, 7) is 9.20. The van der Waals surface area contributed by atoms with Gasteiger partial charge in [0.2, 0.25) is 0 Å². The number of likely N-dealkylation sites (tertiary alicyclic amines) is 1. The second-order valence-electron chi connectivity index (χ2n) is 7.89. The van der Waals surface area contributed by atoms with E-state index >= 15 is 0 Å². The quantitative estimate of drug-likeness (QED) is 0.873. The van der Waals surface area contributed by atoms with Crippen LogP contribution < -0.4 is 5.32 Å². The van der Waals surface area contributed by atoms with Crippen molar-refractivity contribution in [1.29, 1.82) is 0 Å². The molecule has 0 bridgehead atoms. The van der Waals surface area contributed by atoms with Gasteiger partial charge in [-0.2, -0.15) is 10.2 Å². The largest absolute Gasteiger partial charge is 0.336 e. The van der Waals surface area contributed by atoms with Crippen molar-refractivity contribution in [2.75, 3.05) is 26.2 Å². The summed E-state index contributed by atoms with van der Waals surface area (Å²) in [5.41, 5.74) is 2.41. The highest BCUT2D eigenvalue weighted by Crippen LogP contribution is 2.22. The zero-order chi connectivity index (χ0) is 18.8. The van der Waals surface area contributed by atoms with Crippen molar-refractivity contribution in [2.24, 2.45) is 0 Å². The lowest BCUT2D eigenvalue weighted by Crippen LogP contribution is -2.45. The Bertz CT molecular complexity index is 775. The predicted molar refractivity (Wildman–Crippen MR) is 102 cm³/mol. The first-order valence-corrected chi connectivity index (χ1v) is 9.90. The predicted octanol–water partition coefficient (Wildman–Crippen LogP) is 2.02. The first-order chi connectivity index (χ1) is 13.1. The van der Waals surface area contributed by atoms with Crippen molar-refractivity contribution in [3.05, 3.63) is 35.9 Å². The molecule has 0 aliphatic carbocycles. The van der Waals surface area contributed by atoms with E-state index in [1.54, 1.807) is 0 Å². The summed E-state index contributed by atoms with van der Waals surface area (Å²) in [6.07, 6.45) is 8.15. The lowest BCUT2D eigenvalue weighted by Gasteiger charge is -2.34. The standard InChI is InChI=1S/C19H29N7O/c1-15(2)25-12-16(9-22-25)11-23-13-17-5-6-21-26(17)18(14-23)10-20-19(27)24-7-3-4-8-24/h5-6,9,12,15,18H,3-4,7-8,10-11,13-14H2,1-2H3,(H,20,27)/t18-/m0/s1. The average molecular weight is 371 g/mol. The van der Waals surface area contributed by atoms with E-state index in [1.807, 2.05) is 22.0 Å². The molecule has 2 aromatic rings. The van der Waals surface area contributed by atoms with Gasteiger partial charge in [-0.1, -0.05) is 0 Å². The Morgan fingerprint density at radius 2 is 2.11 bits per heavy atom. The number of carbonyl (C=O) groups is 1. The molecule has 4 heterocycles. The summed E-state index contributed by atoms with van der Waals surface area (Å²) in [5, 5.41) is 12.1. The van der Waals surface area contributed by atoms with Crippen molar-refractivity contribution in [2.45, 2.75) is 51.9 Å². The summed E-state index contributed by atoms with van der Waals surface area (Å²) in [7, 11) is 0. The van der Waals surface area contributed by atoms with E-state index in [0.29, 0.717) is 12.6 Å². The van der Waals surface area contributed by atoms with E-state index in [-0.39, 0.29) is 12.1 Å². The fraction of sp³-hybridized carbons (Fsp3) is 0.632. The van der Waals surface area contributed by atoms with E-state index in [4.69, 9.17) is 0 Å². The molecule has 1 N–H and O–H groups in total. The van der Waals surface area contributed by atoms with Crippen LogP contribution in [-0.4, -0.2) is 61.6 Å². The van der Waals surface area contributed by atoms with Crippen LogP contribution in [0.3, 0.4) is 0 Å². The molecule has 0 spiro atoms. The highest BCUT2D eigenvalue weighted by atomic mass is 16.2. The molecule has 8 nitrogen and oxygen atoms in total. The minimum absolute atomic E-state index is 0.0524. The maximum absolute atomic E-state index is 12.3. The Morgan fingerprint density at radius 1 is 1.30 bits per heavy atom. The van der Waals surface area contributed by atoms with E-state index in [0.717, 1.165) is 45.6 Å². The average Bonchev–Trinajstić information content (AvgIpc) is 3.39. The molecule has 2 amide bonds. The summed E-state index contributed by atoms with van der Waals surface area (Å²) in [5.74, 6) is 0. The van der Waals surface area contributed by atoms with Crippen molar-refractivity contribution in [3.63, 3.8) is 0 Å². The smallest absolute Gasteiger partial charge is 0.317 e. The van der Waals surface area contributed by atoms with Gasteiger partial charge in [-0.05, 0) is 32.8 Å². The zero-order valence-electron chi connectivity index (χ0n) is 16.2. The summed E-state index contributed by atoms with van der Waals surface area (Å²) >= 11 is 0. The van der Waals surface area contributed by atoms with Crippen LogP contribution >= 0.6 is 0 Å². The topological polar surface area (TPSA) is 71.2 Å². The number of nitrogens with one attached hydrogen (secondary N) is 1. The van der Waals surface area contributed by atoms with E-state index in [9.17, 15) is 4.79 Å². The number of hydrogen-bond donors (Lipinski definition) is 1. The highest BCUT2D eigenvalue weighted by molar-refractivity contribution is 5.74. The van der Waals surface area contributed by atoms with E-state index in [2.05, 4.69) is 51.2 Å². The minimum atomic E-state index is 0.0524. The first-order valence-electron chi connectivity index (χ1n) is 9.90. The zero-order valence-corrected chi connectivity index (χ0v) is 16.2. The van der Waals surface area contributed by atoms with E-state index in [1.165, 1.54) is 11.3 Å². The molecular formula is C19H29N7O. The minimum Gasteiger partial charge on any atom is -0.336 e. The molecule has 2 aliphatic rings. The van der Waals surface area contributed by atoms with Crippen LogP contribution in [0.5, 0.6) is 0 Å². The maximum Gasteiger partial charge on any atom is 0.317 e. The first kappa shape index (κ1) is 18.0. The Balaban J connectivity index is 1.40. The van der Waals surface area contributed by atoms with Gasteiger partial charge < -0.3 is 10.2 Å². The van der Waals surface area contributed by atoms with Gasteiger partial charge in [0.25, 0.3) is 0 Å². The normalized spacial score (nSPS) is 20.3. The highest BCUT2D eigenvalue weighted by Gasteiger charge is 2.27. The van der Waals surface area contributed by atoms with Gasteiger partial charge in [0.1, 0.15) is 0 Å². The molecule has 146 valence electrons. The lowest BCUT2D eigenvalue weighted by molar-refractivity contribution is 0.161. The third-order valence-electron chi connectivity index (χ3n) is 5.43. The van der Waals surface area contributed by atoms with Gasteiger partial charge in [0.15, 0.2) is 0 Å². The third-order valence-corrected chi connectivity index (χ3v) is 5.43. The molecule has 2 aromatic heterocycles. The fourth-order valence-corrected chi connectivity index (χ4v) is 3.97. The number of amides is 2. The SMILES string of the molecule is CC(C)n1cc(CN2Cc3ccnn3[C@@H](CNC(=O)N3CCCC3)C2)cn1. The van der Waals surface area contributed by atoms with Gasteiger partial charge in [0.05, 0.1) is 17.9 Å². The molecule has 0 aromatic carbocycles. The monoisotopic (exact) mass is 371 g/mol. The van der Waals surface area contributed by atoms with Crippen LogP contribution in [0, 0.1) is 0 Å². The van der Waals surface area contributed by atoms with Crippen LogP contribution in [0.2, 0.25) is 0 Å². The summed E-state index contributed by atoms with van der Waals surface area (Å²) in [6, 6.07) is 2.64. The molecule has 1 atom stereocenters. The number of carbonyl (C=O) groups excluding carboxylic acids is 1. The Morgan fingerprint density at radius 3 is 2.85 bits per heavy atom. The number of aromatic nitrogens is 4. The third kappa shape index (κ3) is 4.00. The Labute approximate surface area is 160 Å². The molecule has 1 saturated heterocycles. The molecular weight excluding hydrogens is 342 g/mol. The molecule has 0 radical (unpaired) electrons. The van der Waals surface area contributed by atoms with Crippen LogP contribution in [-0.2, 0) is 13.1 Å². The van der Waals surface area contributed by atoms with Gasteiger partial charge >= 0.3 is 6.03 Å². The molecule has 4 rings (SSSR count). The van der Waals surface area contributed by atoms with Gasteiger partial charge in [-0.15, -0.1) is 0 Å². The summed E-state index contributed by atoms with van der Waals surface area (Å²) in [4.78, 5) is 16.7. The number of rotatable bonds is 5. The molecule has 2 aliphatic heterocycles. The van der Waals surface area contributed by atoms with Gasteiger partial charge in [0, 0.05) is 63.3 Å². The molecule has 8 heteroatoms. The molecule has 1 fully saturated rings. The molecule has 0 saturated carbocycles. The van der Waals surface area contributed by atoms with Crippen LogP contribution in [0.1, 0.15) is 50.0 Å². The lowest BCUT2D eigenvalue weighted by atomic mass is 10.1. The maximum atomic E-state index is 12.3. The van der Waals surface area contributed by atoms with Crippen LogP contribution in [0.4, 0.5) is 4.79 Å². The van der Waals surface area contributed by atoms with E-state index < -0.39 is 0 Å². The summed E-state index contributed by atoms with van der Waals surface area (Å²) < 4.78 is 4.07. The number of fused-ring (bicyclic) bond motifs is 1. The van der Waals surface area contributed by atoms with Crippen molar-refractivity contribution in [3.8, 4) is 0 Å². The van der Waals surface area contributed by atoms with Gasteiger partial charge in [-0.3, -0.25) is 14.3 Å². The van der Waals surface area contributed by atoms with Gasteiger partial charge in [-0.25, -0.2) is 4.79 Å². The molecule has 27 heavy (non-hydrogen) atoms. The van der Waals surface area contributed by atoms with Crippen LogP contribution in [0.25, 0.3) is 0 Å². The number of urea groups is 1. The fourth-order valence-electron chi connectivity index (χ4n) is 3.97. The van der Waals surface area contributed by atoms with Crippen molar-refractivity contribution < 1.29 is 4.79 Å². The number of hydrogen-bond acceptors (Lipinski definition) is 4. The van der Waals surface area contributed by atoms with Crippen molar-refractivity contribution >= 4 is 6.03 Å². The Kier molecular flexibility index (Phi) is 5.15. The van der Waals surface area contributed by atoms with Crippen molar-refractivity contribution in [1.82, 2.24) is 34.7 Å². The Hall–Kier alpha value is -2.35. The number of nitrogens with zero attached hydrogens (tertiary/aromatic N) is 6. The molecule has 0 unspecified atom stereocenters. The second-order valence-corrected chi connectivity index (χ2v) is 7.89.